The van der Waals surface area contributed by atoms with E-state index in [0.29, 0.717) is 9.52 Å². The van der Waals surface area contributed by atoms with Crippen molar-refractivity contribution in [1.82, 2.24) is 0 Å². The maximum atomic E-state index is 2.39. The lowest BCUT2D eigenvalue weighted by Gasteiger charge is -2.24. The predicted octanol–water partition coefficient (Wildman–Crippen LogP) is 2.20. The van der Waals surface area contributed by atoms with E-state index in [0.717, 1.165) is 5.92 Å². The molecule has 0 spiro atoms. The van der Waals surface area contributed by atoms with Crippen molar-refractivity contribution < 1.29 is 0 Å². The van der Waals surface area contributed by atoms with Crippen molar-refractivity contribution in [3.05, 3.63) is 0 Å². The van der Waals surface area contributed by atoms with Crippen LogP contribution >= 0.6 is 0 Å². The van der Waals surface area contributed by atoms with Gasteiger partial charge in [0, 0.05) is 9.52 Å². The van der Waals surface area contributed by atoms with Crippen LogP contribution in [0, 0.1) is 5.92 Å². The van der Waals surface area contributed by atoms with Gasteiger partial charge in [0.2, 0.25) is 0 Å². The summed E-state index contributed by atoms with van der Waals surface area (Å²) in [5.74, 6) is 0.997. The number of hydrogen-bond acceptors (Lipinski definition) is 0. The van der Waals surface area contributed by atoms with Gasteiger partial charge in [0.1, 0.15) is 0 Å². The molecule has 0 nitrogen and oxygen atoms in total. The summed E-state index contributed by atoms with van der Waals surface area (Å²) >= 11 is 0. The van der Waals surface area contributed by atoms with E-state index in [1.807, 2.05) is 0 Å². The smallest absolute Gasteiger partial charge is 0.0235 e. The lowest BCUT2D eigenvalue weighted by Crippen LogP contribution is -2.14. The molecule has 1 atom stereocenters. The molecule has 0 bridgehead atoms. The Kier molecular flexibility index (Phi) is 2.77. The minimum absolute atomic E-state index is 0.375. The van der Waals surface area contributed by atoms with Gasteiger partial charge in [-0.1, -0.05) is 39.2 Å². The molecule has 54 valence electrons. The first-order valence-corrected chi connectivity index (χ1v) is 6.12. The molecule has 1 aliphatic rings. The van der Waals surface area contributed by atoms with E-state index in [4.69, 9.17) is 0 Å². The van der Waals surface area contributed by atoms with Crippen LogP contribution in [-0.4, -0.2) is 9.52 Å². The minimum Gasteiger partial charge on any atom is -0.0628 e. The summed E-state index contributed by atoms with van der Waals surface area (Å²) in [6.07, 6.45) is 4.63. The Balaban J connectivity index is 2.23. The van der Waals surface area contributed by atoms with Crippen LogP contribution < -0.4 is 0 Å². The van der Waals surface area contributed by atoms with Crippen LogP contribution in [0.4, 0.5) is 0 Å². The summed E-state index contributed by atoms with van der Waals surface area (Å²) < 4.78 is 0. The SMILES string of the molecule is CC(C)C1CCCC[SiH2]1. The molecule has 1 heterocycles. The van der Waals surface area contributed by atoms with E-state index in [1.54, 1.807) is 18.9 Å². The summed E-state index contributed by atoms with van der Waals surface area (Å²) in [4.78, 5) is 0. The first kappa shape index (κ1) is 7.33. The average Bonchev–Trinajstić information content (AvgIpc) is 1.90. The third-order valence-corrected chi connectivity index (χ3v) is 5.59. The second-order valence-corrected chi connectivity index (χ2v) is 5.98. The highest BCUT2D eigenvalue weighted by Crippen LogP contribution is 2.29. The summed E-state index contributed by atoms with van der Waals surface area (Å²) in [5.41, 5.74) is 1.19. The topological polar surface area (TPSA) is 0 Å². The lowest BCUT2D eigenvalue weighted by atomic mass is 10.0. The molecule has 0 radical (unpaired) electrons. The monoisotopic (exact) mass is 142 g/mol. The molecule has 0 aromatic rings. The van der Waals surface area contributed by atoms with Gasteiger partial charge in [-0.05, 0) is 11.5 Å². The van der Waals surface area contributed by atoms with Crippen LogP contribution in [0.15, 0.2) is 0 Å². The average molecular weight is 142 g/mol. The lowest BCUT2D eigenvalue weighted by molar-refractivity contribution is 0.508. The van der Waals surface area contributed by atoms with Crippen LogP contribution in [-0.2, 0) is 0 Å². The Labute approximate surface area is 60.9 Å². The van der Waals surface area contributed by atoms with Crippen LogP contribution in [0.5, 0.6) is 0 Å². The fourth-order valence-electron chi connectivity index (χ4n) is 1.80. The minimum atomic E-state index is 0.375. The van der Waals surface area contributed by atoms with Crippen LogP contribution in [0.1, 0.15) is 33.1 Å². The molecule has 0 N–H and O–H groups in total. The molecule has 9 heavy (non-hydrogen) atoms. The zero-order valence-corrected chi connectivity index (χ0v) is 8.10. The van der Waals surface area contributed by atoms with Crippen molar-refractivity contribution in [3.63, 3.8) is 0 Å². The number of rotatable bonds is 1. The van der Waals surface area contributed by atoms with Crippen molar-refractivity contribution in [2.45, 2.75) is 44.7 Å². The van der Waals surface area contributed by atoms with Crippen molar-refractivity contribution in [1.29, 1.82) is 0 Å². The Morgan fingerprint density at radius 2 is 2.11 bits per heavy atom. The summed E-state index contributed by atoms with van der Waals surface area (Å²) in [6.45, 7) is 4.78. The quantitative estimate of drug-likeness (QED) is 0.492. The Hall–Kier alpha value is 0.217. The van der Waals surface area contributed by atoms with Gasteiger partial charge in [0.15, 0.2) is 0 Å². The van der Waals surface area contributed by atoms with Crippen molar-refractivity contribution in [3.8, 4) is 0 Å². The van der Waals surface area contributed by atoms with Gasteiger partial charge < -0.3 is 0 Å². The van der Waals surface area contributed by atoms with Crippen LogP contribution in [0.2, 0.25) is 11.6 Å². The third-order valence-electron chi connectivity index (χ3n) is 2.59. The molecule has 0 amide bonds. The molecule has 1 heteroatoms. The molecule has 1 saturated heterocycles. The second kappa shape index (κ2) is 3.40. The Morgan fingerprint density at radius 3 is 2.44 bits per heavy atom. The second-order valence-electron chi connectivity index (χ2n) is 3.64. The van der Waals surface area contributed by atoms with Crippen LogP contribution in [0.25, 0.3) is 0 Å². The molecular weight excluding hydrogens is 124 g/mol. The van der Waals surface area contributed by atoms with Gasteiger partial charge in [-0.2, -0.15) is 0 Å². The normalized spacial score (nSPS) is 31.7. The molecule has 1 rings (SSSR count). The highest BCUT2D eigenvalue weighted by Gasteiger charge is 2.16. The van der Waals surface area contributed by atoms with Gasteiger partial charge in [0.05, 0.1) is 0 Å². The van der Waals surface area contributed by atoms with Gasteiger partial charge in [-0.25, -0.2) is 0 Å². The van der Waals surface area contributed by atoms with Gasteiger partial charge in [-0.15, -0.1) is 0 Å². The molecule has 1 aliphatic heterocycles. The molecule has 1 fully saturated rings. The maximum absolute atomic E-state index is 2.39. The Bertz CT molecular complexity index is 72.6. The zero-order chi connectivity index (χ0) is 6.69. The fourth-order valence-corrected chi connectivity index (χ4v) is 4.21. The van der Waals surface area contributed by atoms with Crippen molar-refractivity contribution in [2.24, 2.45) is 5.92 Å². The van der Waals surface area contributed by atoms with E-state index < -0.39 is 0 Å². The maximum Gasteiger partial charge on any atom is 0.0235 e. The number of hydrogen-bond donors (Lipinski definition) is 0. The summed E-state index contributed by atoms with van der Waals surface area (Å²) in [6, 6.07) is 1.63. The van der Waals surface area contributed by atoms with E-state index in [2.05, 4.69) is 13.8 Å². The first-order chi connectivity index (χ1) is 4.30. The van der Waals surface area contributed by atoms with E-state index in [1.165, 1.54) is 12.0 Å². The summed E-state index contributed by atoms with van der Waals surface area (Å²) in [5, 5.41) is 0. The van der Waals surface area contributed by atoms with E-state index in [9.17, 15) is 0 Å². The molecular formula is C8H18Si. The van der Waals surface area contributed by atoms with E-state index >= 15 is 0 Å². The van der Waals surface area contributed by atoms with Crippen molar-refractivity contribution in [2.75, 3.05) is 0 Å². The highest BCUT2D eigenvalue weighted by molar-refractivity contribution is 6.37. The van der Waals surface area contributed by atoms with Gasteiger partial charge >= 0.3 is 0 Å². The predicted molar refractivity (Wildman–Crippen MR) is 45.8 cm³/mol. The Morgan fingerprint density at radius 1 is 1.33 bits per heavy atom. The highest BCUT2D eigenvalue weighted by atomic mass is 28.2. The van der Waals surface area contributed by atoms with E-state index in [-0.39, 0.29) is 0 Å². The molecule has 0 aromatic carbocycles. The zero-order valence-electron chi connectivity index (χ0n) is 6.69. The molecule has 1 unspecified atom stereocenters. The summed E-state index contributed by atoms with van der Waals surface area (Å²) in [7, 11) is 0.375. The first-order valence-electron chi connectivity index (χ1n) is 4.30. The molecule has 0 aliphatic carbocycles. The standard InChI is InChI=1S/C8H18Si/c1-7(2)8-5-3-4-6-9-8/h7-8H,3-6,9H2,1-2H3. The van der Waals surface area contributed by atoms with Gasteiger partial charge in [0.25, 0.3) is 0 Å². The largest absolute Gasteiger partial charge is 0.0628 e. The molecule has 0 saturated carbocycles. The molecule has 0 aromatic heterocycles. The van der Waals surface area contributed by atoms with Crippen molar-refractivity contribution >= 4 is 9.52 Å². The third kappa shape index (κ3) is 2.13. The van der Waals surface area contributed by atoms with Crippen LogP contribution in [0.3, 0.4) is 0 Å². The fraction of sp³-hybridized carbons (Fsp3) is 1.00. The van der Waals surface area contributed by atoms with Gasteiger partial charge in [-0.3, -0.25) is 0 Å².